The number of aromatic nitrogens is 1. The van der Waals surface area contributed by atoms with Gasteiger partial charge in [-0.2, -0.15) is 0 Å². The number of piperazine rings is 1. The van der Waals surface area contributed by atoms with Crippen LogP contribution < -0.4 is 10.1 Å². The summed E-state index contributed by atoms with van der Waals surface area (Å²) in [5.74, 6) is 0.0391. The van der Waals surface area contributed by atoms with Crippen molar-refractivity contribution in [2.75, 3.05) is 38.6 Å². The highest BCUT2D eigenvalue weighted by atomic mass is 16.5. The molecule has 3 rings (SSSR count). The molecule has 1 fully saturated rings. The van der Waals surface area contributed by atoms with Crippen molar-refractivity contribution in [2.24, 2.45) is 0 Å². The van der Waals surface area contributed by atoms with Gasteiger partial charge in [0.15, 0.2) is 0 Å². The Kier molecular flexibility index (Phi) is 5.88. The molecule has 0 bridgehead atoms. The lowest BCUT2D eigenvalue weighted by Gasteiger charge is -2.34. The van der Waals surface area contributed by atoms with Crippen LogP contribution in [0.1, 0.15) is 27.8 Å². The average Bonchev–Trinajstić information content (AvgIpc) is 2.73. The van der Waals surface area contributed by atoms with Crippen LogP contribution >= 0.6 is 0 Å². The van der Waals surface area contributed by atoms with E-state index in [4.69, 9.17) is 4.74 Å². The highest BCUT2D eigenvalue weighted by Gasteiger charge is 2.24. The largest absolute Gasteiger partial charge is 0.497 e. The Bertz CT molecular complexity index is 891. The molecule has 8 nitrogen and oxygen atoms in total. The summed E-state index contributed by atoms with van der Waals surface area (Å²) in [7, 11) is 1.55. The van der Waals surface area contributed by atoms with Crippen molar-refractivity contribution in [1.82, 2.24) is 14.8 Å². The molecule has 2 aromatic rings. The molecule has 1 aromatic carbocycles. The summed E-state index contributed by atoms with van der Waals surface area (Å²) < 4.78 is 5.14. The van der Waals surface area contributed by atoms with Crippen molar-refractivity contribution in [3.63, 3.8) is 0 Å². The minimum Gasteiger partial charge on any atom is -0.497 e. The first-order chi connectivity index (χ1) is 13.5. The Morgan fingerprint density at radius 3 is 2.43 bits per heavy atom. The maximum Gasteiger partial charge on any atom is 0.274 e. The maximum absolute atomic E-state index is 12.7. The molecule has 0 aliphatic carbocycles. The van der Waals surface area contributed by atoms with Crippen LogP contribution in [0.2, 0.25) is 0 Å². The second kappa shape index (κ2) is 8.51. The number of nitrogens with one attached hydrogen (secondary N) is 1. The van der Waals surface area contributed by atoms with Gasteiger partial charge < -0.3 is 19.9 Å². The SMILES string of the molecule is COc1cccc(NC(=O)c2cc(C(=O)N3CCN(C(C)=O)CC3)ccn2)c1. The quantitative estimate of drug-likeness (QED) is 0.868. The molecule has 1 aromatic heterocycles. The molecule has 146 valence electrons. The number of pyridine rings is 1. The number of ether oxygens (including phenoxy) is 1. The van der Waals surface area contributed by atoms with Crippen molar-refractivity contribution < 1.29 is 19.1 Å². The van der Waals surface area contributed by atoms with Gasteiger partial charge in [-0.15, -0.1) is 0 Å². The van der Waals surface area contributed by atoms with Gasteiger partial charge in [-0.3, -0.25) is 19.4 Å². The highest BCUT2D eigenvalue weighted by molar-refractivity contribution is 6.04. The summed E-state index contributed by atoms with van der Waals surface area (Å²) in [5.41, 5.74) is 1.11. The van der Waals surface area contributed by atoms with Crippen LogP contribution in [0.5, 0.6) is 5.75 Å². The number of carbonyl (C=O) groups is 3. The number of carbonyl (C=O) groups excluding carboxylic acids is 3. The Morgan fingerprint density at radius 1 is 1.04 bits per heavy atom. The minimum atomic E-state index is -0.413. The van der Waals surface area contributed by atoms with E-state index in [0.717, 1.165) is 0 Å². The summed E-state index contributed by atoms with van der Waals surface area (Å²) in [6.07, 6.45) is 1.44. The molecule has 0 atom stereocenters. The van der Waals surface area contributed by atoms with Crippen LogP contribution in [0.3, 0.4) is 0 Å². The van der Waals surface area contributed by atoms with Crippen LogP contribution in [0.4, 0.5) is 5.69 Å². The molecular weight excluding hydrogens is 360 g/mol. The summed E-state index contributed by atoms with van der Waals surface area (Å²) in [5, 5.41) is 2.75. The van der Waals surface area contributed by atoms with Gasteiger partial charge in [-0.05, 0) is 24.3 Å². The summed E-state index contributed by atoms with van der Waals surface area (Å²) in [6.45, 7) is 3.47. The summed E-state index contributed by atoms with van der Waals surface area (Å²) >= 11 is 0. The van der Waals surface area contributed by atoms with Crippen molar-refractivity contribution in [2.45, 2.75) is 6.92 Å². The van der Waals surface area contributed by atoms with Crippen molar-refractivity contribution in [3.05, 3.63) is 53.9 Å². The Hall–Kier alpha value is -3.42. The van der Waals surface area contributed by atoms with Crippen LogP contribution in [0.25, 0.3) is 0 Å². The molecule has 1 N–H and O–H groups in total. The van der Waals surface area contributed by atoms with Crippen LogP contribution in [-0.2, 0) is 4.79 Å². The van der Waals surface area contributed by atoms with E-state index in [-0.39, 0.29) is 17.5 Å². The second-order valence-corrected chi connectivity index (χ2v) is 6.41. The maximum atomic E-state index is 12.7. The molecule has 1 saturated heterocycles. The molecule has 0 radical (unpaired) electrons. The Morgan fingerprint density at radius 2 is 1.75 bits per heavy atom. The van der Waals surface area contributed by atoms with E-state index in [1.54, 1.807) is 47.2 Å². The number of amides is 3. The molecule has 1 aliphatic heterocycles. The predicted molar refractivity (Wildman–Crippen MR) is 103 cm³/mol. The van der Waals surface area contributed by atoms with Crippen molar-refractivity contribution in [3.8, 4) is 5.75 Å². The van der Waals surface area contributed by atoms with Crippen LogP contribution in [0, 0.1) is 0 Å². The smallest absolute Gasteiger partial charge is 0.274 e. The Labute approximate surface area is 163 Å². The van der Waals surface area contributed by atoms with Crippen LogP contribution in [0.15, 0.2) is 42.6 Å². The van der Waals surface area contributed by atoms with E-state index in [1.807, 2.05) is 0 Å². The standard InChI is InChI=1S/C20H22N4O4/c1-14(25)23-8-10-24(11-9-23)20(27)15-6-7-21-18(12-15)19(26)22-16-4-3-5-17(13-16)28-2/h3-7,12-13H,8-11H2,1-2H3,(H,22,26). The third-order valence-electron chi connectivity index (χ3n) is 4.58. The molecule has 0 unspecified atom stereocenters. The first kappa shape index (κ1) is 19.3. The lowest BCUT2D eigenvalue weighted by molar-refractivity contribution is -0.130. The molecule has 3 amide bonds. The van der Waals surface area contributed by atoms with Gasteiger partial charge in [0.05, 0.1) is 7.11 Å². The molecule has 8 heteroatoms. The van der Waals surface area contributed by atoms with Gasteiger partial charge in [0.25, 0.3) is 11.8 Å². The molecular formula is C20H22N4O4. The molecule has 28 heavy (non-hydrogen) atoms. The van der Waals surface area contributed by atoms with E-state index in [9.17, 15) is 14.4 Å². The van der Waals surface area contributed by atoms with Gasteiger partial charge >= 0.3 is 0 Å². The highest BCUT2D eigenvalue weighted by Crippen LogP contribution is 2.17. The fraction of sp³-hybridized carbons (Fsp3) is 0.300. The second-order valence-electron chi connectivity index (χ2n) is 6.41. The number of benzene rings is 1. The first-order valence-electron chi connectivity index (χ1n) is 8.94. The third kappa shape index (κ3) is 4.46. The van der Waals surface area contributed by atoms with Crippen molar-refractivity contribution in [1.29, 1.82) is 0 Å². The lowest BCUT2D eigenvalue weighted by atomic mass is 10.1. The topological polar surface area (TPSA) is 91.8 Å². The fourth-order valence-electron chi connectivity index (χ4n) is 2.99. The van der Waals surface area contributed by atoms with Gasteiger partial charge in [-0.25, -0.2) is 0 Å². The van der Waals surface area contributed by atoms with E-state index in [2.05, 4.69) is 10.3 Å². The molecule has 0 spiro atoms. The molecule has 0 saturated carbocycles. The Balaban J connectivity index is 1.68. The molecule has 2 heterocycles. The van der Waals surface area contributed by atoms with E-state index >= 15 is 0 Å². The zero-order valence-corrected chi connectivity index (χ0v) is 15.8. The number of methoxy groups -OCH3 is 1. The zero-order valence-electron chi connectivity index (χ0n) is 15.8. The number of rotatable bonds is 4. The lowest BCUT2D eigenvalue weighted by Crippen LogP contribution is -2.50. The molecule has 1 aliphatic rings. The van der Waals surface area contributed by atoms with Gasteiger partial charge in [0.1, 0.15) is 11.4 Å². The normalized spacial score (nSPS) is 13.8. The average molecular weight is 382 g/mol. The summed E-state index contributed by atoms with van der Waals surface area (Å²) in [4.78, 5) is 44.1. The van der Waals surface area contributed by atoms with Gasteiger partial charge in [0.2, 0.25) is 5.91 Å². The van der Waals surface area contributed by atoms with Crippen molar-refractivity contribution >= 4 is 23.4 Å². The number of anilines is 1. The van der Waals surface area contributed by atoms with E-state index in [1.165, 1.54) is 19.2 Å². The van der Waals surface area contributed by atoms with Crippen LogP contribution in [-0.4, -0.2) is 65.8 Å². The number of hydrogen-bond donors (Lipinski definition) is 1. The minimum absolute atomic E-state index is 0.00695. The van der Waals surface area contributed by atoms with E-state index < -0.39 is 5.91 Å². The predicted octanol–water partition coefficient (Wildman–Crippen LogP) is 1.65. The monoisotopic (exact) mass is 382 g/mol. The number of hydrogen-bond acceptors (Lipinski definition) is 5. The third-order valence-corrected chi connectivity index (χ3v) is 4.58. The van der Waals surface area contributed by atoms with E-state index in [0.29, 0.717) is 43.2 Å². The van der Waals surface area contributed by atoms with Gasteiger partial charge in [-0.1, -0.05) is 6.07 Å². The first-order valence-corrected chi connectivity index (χ1v) is 8.94. The van der Waals surface area contributed by atoms with Gasteiger partial charge in [0, 0.05) is 56.6 Å². The zero-order chi connectivity index (χ0) is 20.1. The fourth-order valence-corrected chi connectivity index (χ4v) is 2.99. The number of nitrogens with zero attached hydrogens (tertiary/aromatic N) is 3. The summed E-state index contributed by atoms with van der Waals surface area (Å²) in [6, 6.07) is 10.0.